The van der Waals surface area contributed by atoms with Crippen molar-refractivity contribution in [3.05, 3.63) is 121 Å². The summed E-state index contributed by atoms with van der Waals surface area (Å²) in [4.78, 5) is 0. The van der Waals surface area contributed by atoms with Gasteiger partial charge in [0.15, 0.2) is 0 Å². The summed E-state index contributed by atoms with van der Waals surface area (Å²) >= 11 is 0. The molecule has 0 saturated carbocycles. The van der Waals surface area contributed by atoms with E-state index in [-0.39, 0.29) is 0 Å². The highest BCUT2D eigenvalue weighted by Crippen LogP contribution is 2.46. The van der Waals surface area contributed by atoms with E-state index in [4.69, 9.17) is 9.47 Å². The van der Waals surface area contributed by atoms with Crippen molar-refractivity contribution < 1.29 is 9.47 Å². The lowest BCUT2D eigenvalue weighted by Gasteiger charge is -2.20. The molecule has 0 unspecified atom stereocenters. The molecular formula is C37H32O2. The van der Waals surface area contributed by atoms with Crippen LogP contribution in [0, 0.1) is 0 Å². The fourth-order valence-electron chi connectivity index (χ4n) is 5.36. The highest BCUT2D eigenvalue weighted by Gasteiger charge is 2.20. The predicted molar refractivity (Wildman–Crippen MR) is 165 cm³/mol. The van der Waals surface area contributed by atoms with Crippen LogP contribution in [0.25, 0.3) is 54.9 Å². The molecule has 0 atom stereocenters. The van der Waals surface area contributed by atoms with Crippen LogP contribution in [0.15, 0.2) is 121 Å². The van der Waals surface area contributed by atoms with Gasteiger partial charge in [0.1, 0.15) is 11.5 Å². The molecule has 0 aliphatic heterocycles. The second-order valence-corrected chi connectivity index (χ2v) is 9.76. The van der Waals surface area contributed by atoms with Gasteiger partial charge in [-0.25, -0.2) is 0 Å². The standard InChI is InChI=1S/C37H32O2/c1-3-23-39-35-22-18-31-25-29(27-13-9-6-10-14-27)16-20-33(31)37(35)36-32-19-15-28(26-11-7-5-8-12-26)24-30(32)17-21-34(36)38-4-2/h5-22,24-25H,3-4,23H2,1-2H3. The first-order valence-corrected chi connectivity index (χ1v) is 13.8. The van der Waals surface area contributed by atoms with Crippen LogP contribution in [0.1, 0.15) is 20.3 Å². The summed E-state index contributed by atoms with van der Waals surface area (Å²) in [6.45, 7) is 5.43. The Labute approximate surface area is 230 Å². The highest BCUT2D eigenvalue weighted by atomic mass is 16.5. The molecule has 2 nitrogen and oxygen atoms in total. The van der Waals surface area contributed by atoms with Crippen LogP contribution in [0.2, 0.25) is 0 Å². The first-order chi connectivity index (χ1) is 19.3. The third-order valence-corrected chi connectivity index (χ3v) is 7.19. The number of ether oxygens (including phenoxy) is 2. The van der Waals surface area contributed by atoms with Crippen molar-refractivity contribution in [1.82, 2.24) is 0 Å². The van der Waals surface area contributed by atoms with Crippen LogP contribution in [0.4, 0.5) is 0 Å². The predicted octanol–water partition coefficient (Wildman–Crippen LogP) is 10.2. The van der Waals surface area contributed by atoms with E-state index in [1.165, 1.54) is 33.0 Å². The number of hydrogen-bond acceptors (Lipinski definition) is 2. The van der Waals surface area contributed by atoms with Gasteiger partial charge in [0.2, 0.25) is 0 Å². The average Bonchev–Trinajstić information content (AvgIpc) is 3.00. The second kappa shape index (κ2) is 11.0. The highest BCUT2D eigenvalue weighted by molar-refractivity contribution is 6.11. The molecule has 0 fully saturated rings. The summed E-state index contributed by atoms with van der Waals surface area (Å²) in [5.41, 5.74) is 6.99. The van der Waals surface area contributed by atoms with Gasteiger partial charge in [-0.05, 0) is 81.4 Å². The van der Waals surface area contributed by atoms with Crippen molar-refractivity contribution in [2.24, 2.45) is 0 Å². The molecule has 6 aromatic rings. The molecular weight excluding hydrogens is 476 g/mol. The largest absolute Gasteiger partial charge is 0.493 e. The van der Waals surface area contributed by atoms with Crippen molar-refractivity contribution >= 4 is 21.5 Å². The van der Waals surface area contributed by atoms with E-state index in [2.05, 4.69) is 128 Å². The maximum Gasteiger partial charge on any atom is 0.127 e. The van der Waals surface area contributed by atoms with Gasteiger partial charge in [-0.2, -0.15) is 0 Å². The maximum absolute atomic E-state index is 6.38. The Morgan fingerprint density at radius 1 is 0.462 bits per heavy atom. The minimum atomic E-state index is 0.592. The van der Waals surface area contributed by atoms with Crippen LogP contribution in [0.5, 0.6) is 11.5 Å². The SMILES string of the molecule is CCCOc1ccc2cc(-c3ccccc3)ccc2c1-c1c(OCC)ccc2cc(-c3ccccc3)ccc12. The average molecular weight is 509 g/mol. The molecule has 0 aliphatic rings. The fourth-order valence-corrected chi connectivity index (χ4v) is 5.36. The second-order valence-electron chi connectivity index (χ2n) is 9.76. The van der Waals surface area contributed by atoms with Gasteiger partial charge in [-0.1, -0.05) is 104 Å². The summed E-state index contributed by atoms with van der Waals surface area (Å²) in [7, 11) is 0. The molecule has 0 N–H and O–H groups in total. The number of rotatable bonds is 8. The zero-order valence-corrected chi connectivity index (χ0v) is 22.5. The smallest absolute Gasteiger partial charge is 0.127 e. The maximum atomic E-state index is 6.38. The molecule has 6 aromatic carbocycles. The van der Waals surface area contributed by atoms with Crippen LogP contribution in [-0.4, -0.2) is 13.2 Å². The molecule has 0 heterocycles. The van der Waals surface area contributed by atoms with Gasteiger partial charge in [0.25, 0.3) is 0 Å². The topological polar surface area (TPSA) is 18.5 Å². The van der Waals surface area contributed by atoms with Crippen LogP contribution < -0.4 is 9.47 Å². The summed E-state index contributed by atoms with van der Waals surface area (Å²) in [6, 6.07) is 43.1. The monoisotopic (exact) mass is 508 g/mol. The molecule has 39 heavy (non-hydrogen) atoms. The van der Waals surface area contributed by atoms with Gasteiger partial charge >= 0.3 is 0 Å². The summed E-state index contributed by atoms with van der Waals surface area (Å²) < 4.78 is 12.6. The van der Waals surface area contributed by atoms with Gasteiger partial charge < -0.3 is 9.47 Å². The van der Waals surface area contributed by atoms with Crippen LogP contribution in [0.3, 0.4) is 0 Å². The Hall–Kier alpha value is -4.56. The molecule has 6 rings (SSSR count). The molecule has 2 heteroatoms. The van der Waals surface area contributed by atoms with Gasteiger partial charge in [-0.15, -0.1) is 0 Å². The van der Waals surface area contributed by atoms with Crippen LogP contribution in [-0.2, 0) is 0 Å². The molecule has 0 aromatic heterocycles. The van der Waals surface area contributed by atoms with E-state index in [9.17, 15) is 0 Å². The van der Waals surface area contributed by atoms with E-state index in [1.807, 2.05) is 6.92 Å². The fraction of sp³-hybridized carbons (Fsp3) is 0.135. The van der Waals surface area contributed by atoms with E-state index >= 15 is 0 Å². The third-order valence-electron chi connectivity index (χ3n) is 7.19. The Kier molecular flexibility index (Phi) is 7.01. The molecule has 192 valence electrons. The van der Waals surface area contributed by atoms with Crippen molar-refractivity contribution in [3.63, 3.8) is 0 Å². The minimum Gasteiger partial charge on any atom is -0.493 e. The van der Waals surface area contributed by atoms with E-state index in [0.29, 0.717) is 13.2 Å². The summed E-state index contributed by atoms with van der Waals surface area (Å²) in [5.74, 6) is 1.76. The molecule has 0 bridgehead atoms. The molecule has 0 saturated heterocycles. The molecule has 0 radical (unpaired) electrons. The number of hydrogen-bond donors (Lipinski definition) is 0. The quantitative estimate of drug-likeness (QED) is 0.204. The van der Waals surface area contributed by atoms with Gasteiger partial charge in [-0.3, -0.25) is 0 Å². The Balaban J connectivity index is 1.61. The minimum absolute atomic E-state index is 0.592. The first kappa shape index (κ1) is 24.8. The van der Waals surface area contributed by atoms with Crippen molar-refractivity contribution in [2.45, 2.75) is 20.3 Å². The van der Waals surface area contributed by atoms with E-state index in [0.717, 1.165) is 39.8 Å². The first-order valence-electron chi connectivity index (χ1n) is 13.8. The molecule has 0 spiro atoms. The molecule has 0 aliphatic carbocycles. The lowest BCUT2D eigenvalue weighted by atomic mass is 9.90. The van der Waals surface area contributed by atoms with Crippen molar-refractivity contribution in [2.75, 3.05) is 13.2 Å². The van der Waals surface area contributed by atoms with Gasteiger partial charge in [0, 0.05) is 11.1 Å². The lowest BCUT2D eigenvalue weighted by Crippen LogP contribution is -2.00. The molecule has 0 amide bonds. The van der Waals surface area contributed by atoms with Crippen molar-refractivity contribution in [3.8, 4) is 44.9 Å². The lowest BCUT2D eigenvalue weighted by molar-refractivity contribution is 0.318. The summed E-state index contributed by atoms with van der Waals surface area (Å²) in [5, 5.41) is 4.66. The number of benzene rings is 6. The zero-order chi connectivity index (χ0) is 26.6. The van der Waals surface area contributed by atoms with Crippen LogP contribution >= 0.6 is 0 Å². The third kappa shape index (κ3) is 4.86. The van der Waals surface area contributed by atoms with E-state index < -0.39 is 0 Å². The Bertz CT molecular complexity index is 1740. The normalized spacial score (nSPS) is 11.1. The zero-order valence-electron chi connectivity index (χ0n) is 22.5. The Morgan fingerprint density at radius 3 is 1.41 bits per heavy atom. The van der Waals surface area contributed by atoms with E-state index in [1.54, 1.807) is 0 Å². The van der Waals surface area contributed by atoms with Crippen molar-refractivity contribution in [1.29, 1.82) is 0 Å². The van der Waals surface area contributed by atoms with Gasteiger partial charge in [0.05, 0.1) is 13.2 Å². The number of fused-ring (bicyclic) bond motifs is 2. The Morgan fingerprint density at radius 2 is 0.949 bits per heavy atom. The summed E-state index contributed by atoms with van der Waals surface area (Å²) in [6.07, 6.45) is 0.943.